The van der Waals surface area contributed by atoms with Gasteiger partial charge in [-0.25, -0.2) is 15.0 Å². The molecule has 0 atom stereocenters. The highest BCUT2D eigenvalue weighted by Gasteiger charge is 2.38. The minimum atomic E-state index is -0.272. The van der Waals surface area contributed by atoms with Crippen LogP contribution in [0.4, 0.5) is 0 Å². The van der Waals surface area contributed by atoms with Crippen molar-refractivity contribution in [3.8, 4) is 61.4 Å². The normalized spacial score (nSPS) is 13.1. The van der Waals surface area contributed by atoms with Crippen LogP contribution in [-0.2, 0) is 5.41 Å². The van der Waals surface area contributed by atoms with Gasteiger partial charge in [-0.1, -0.05) is 141 Å². The lowest BCUT2D eigenvalue weighted by Gasteiger charge is -2.32. The van der Waals surface area contributed by atoms with Crippen LogP contribution in [0.1, 0.15) is 24.3 Å². The fourth-order valence-corrected chi connectivity index (χ4v) is 8.82. The molecule has 10 rings (SSSR count). The Hall–Kier alpha value is -6.17. The average molecular weight is 673 g/mol. The second-order valence-corrected chi connectivity index (χ2v) is 14.8. The third-order valence-electron chi connectivity index (χ3n) is 10.2. The Morgan fingerprint density at radius 1 is 0.471 bits per heavy atom. The van der Waals surface area contributed by atoms with Gasteiger partial charge in [-0.15, -0.1) is 11.3 Å². The highest BCUT2D eigenvalue weighted by molar-refractivity contribution is 7.16. The maximum atomic E-state index is 5.12. The topological polar surface area (TPSA) is 43.6 Å². The van der Waals surface area contributed by atoms with Gasteiger partial charge in [-0.3, -0.25) is 0 Å². The molecule has 0 radical (unpaired) electrons. The molecular weight excluding hydrogens is 641 g/mol. The monoisotopic (exact) mass is 672 g/mol. The van der Waals surface area contributed by atoms with Crippen LogP contribution in [0.3, 0.4) is 0 Å². The highest BCUT2D eigenvalue weighted by Crippen LogP contribution is 2.53. The van der Waals surface area contributed by atoms with Crippen LogP contribution in [-0.4, -0.2) is 19.5 Å². The fourth-order valence-electron chi connectivity index (χ4n) is 7.63. The molecule has 3 aromatic heterocycles. The van der Waals surface area contributed by atoms with Gasteiger partial charge in [0.05, 0.1) is 21.6 Å². The third-order valence-corrected chi connectivity index (χ3v) is 11.6. The molecule has 5 heteroatoms. The van der Waals surface area contributed by atoms with Crippen LogP contribution in [0.5, 0.6) is 0 Å². The fraction of sp³-hybridized carbons (Fsp3) is 0.0652. The van der Waals surface area contributed by atoms with E-state index in [-0.39, 0.29) is 5.41 Å². The molecule has 0 bridgehead atoms. The van der Waals surface area contributed by atoms with Crippen molar-refractivity contribution in [3.63, 3.8) is 0 Å². The molecular formula is C46H32N4S. The first-order valence-electron chi connectivity index (χ1n) is 17.3. The van der Waals surface area contributed by atoms with E-state index in [0.717, 1.165) is 16.0 Å². The van der Waals surface area contributed by atoms with Crippen LogP contribution in [0, 0.1) is 0 Å². The van der Waals surface area contributed by atoms with E-state index in [2.05, 4.69) is 140 Å². The Kier molecular flexibility index (Phi) is 6.67. The maximum absolute atomic E-state index is 5.12. The Morgan fingerprint density at radius 3 is 1.57 bits per heavy atom. The number of fused-ring (bicyclic) bond motifs is 5. The van der Waals surface area contributed by atoms with Crippen molar-refractivity contribution in [2.24, 2.45) is 0 Å². The van der Waals surface area contributed by atoms with Crippen molar-refractivity contribution in [1.82, 2.24) is 19.5 Å². The predicted octanol–water partition coefficient (Wildman–Crippen LogP) is 12.0. The first-order chi connectivity index (χ1) is 25.0. The van der Waals surface area contributed by atoms with Crippen LogP contribution >= 0.6 is 11.3 Å². The van der Waals surface area contributed by atoms with Gasteiger partial charge in [0.15, 0.2) is 17.5 Å². The minimum Gasteiger partial charge on any atom is -0.308 e. The lowest BCUT2D eigenvalue weighted by Crippen LogP contribution is -2.24. The molecule has 9 aromatic rings. The zero-order chi connectivity index (χ0) is 34.1. The van der Waals surface area contributed by atoms with Crippen molar-refractivity contribution in [2.45, 2.75) is 19.3 Å². The van der Waals surface area contributed by atoms with E-state index in [1.165, 1.54) is 60.2 Å². The van der Waals surface area contributed by atoms with Gasteiger partial charge >= 0.3 is 0 Å². The molecule has 0 N–H and O–H groups in total. The van der Waals surface area contributed by atoms with Crippen LogP contribution in [0.15, 0.2) is 158 Å². The summed E-state index contributed by atoms with van der Waals surface area (Å²) in [5, 5.41) is 2.52. The quantitative estimate of drug-likeness (QED) is 0.183. The Bertz CT molecular complexity index is 2690. The minimum absolute atomic E-state index is 0.272. The number of thiophene rings is 1. The standard InChI is InChI=1S/C46H32N4S/c1-46(2)37-27-34(30-17-9-4-10-18-30)26-36-35-25-33(29-15-7-3-8-16-29)23-24-38(35)50(41(36)37)39-28-40(51-42(39)46)45-48-43(31-19-11-5-12-20-31)47-44(49-45)32-21-13-6-14-22-32/h3-28H,1-2H3. The predicted molar refractivity (Wildman–Crippen MR) is 211 cm³/mol. The molecule has 0 amide bonds. The van der Waals surface area contributed by atoms with Crippen molar-refractivity contribution in [2.75, 3.05) is 0 Å². The van der Waals surface area contributed by atoms with Crippen molar-refractivity contribution >= 4 is 33.1 Å². The molecule has 0 unspecified atom stereocenters. The van der Waals surface area contributed by atoms with E-state index < -0.39 is 0 Å². The summed E-state index contributed by atoms with van der Waals surface area (Å²) < 4.78 is 2.49. The van der Waals surface area contributed by atoms with Gasteiger partial charge in [0.1, 0.15) is 0 Å². The number of hydrogen-bond donors (Lipinski definition) is 0. The van der Waals surface area contributed by atoms with Crippen LogP contribution < -0.4 is 0 Å². The smallest absolute Gasteiger partial charge is 0.174 e. The summed E-state index contributed by atoms with van der Waals surface area (Å²) in [7, 11) is 0. The maximum Gasteiger partial charge on any atom is 0.174 e. The van der Waals surface area contributed by atoms with Crippen molar-refractivity contribution < 1.29 is 0 Å². The van der Waals surface area contributed by atoms with E-state index >= 15 is 0 Å². The summed E-state index contributed by atoms with van der Waals surface area (Å²) in [4.78, 5) is 17.5. The zero-order valence-corrected chi connectivity index (χ0v) is 29.0. The van der Waals surface area contributed by atoms with Crippen molar-refractivity contribution in [1.29, 1.82) is 0 Å². The van der Waals surface area contributed by atoms with Gasteiger partial charge in [0.25, 0.3) is 0 Å². The highest BCUT2D eigenvalue weighted by atomic mass is 32.1. The van der Waals surface area contributed by atoms with E-state index in [4.69, 9.17) is 15.0 Å². The number of benzene rings is 6. The molecule has 0 aliphatic carbocycles. The lowest BCUT2D eigenvalue weighted by atomic mass is 9.78. The zero-order valence-electron chi connectivity index (χ0n) is 28.2. The van der Waals surface area contributed by atoms with Gasteiger partial charge in [0.2, 0.25) is 0 Å². The third kappa shape index (κ3) is 4.77. The summed E-state index contributed by atoms with van der Waals surface area (Å²) in [6, 6.07) is 55.8. The molecule has 51 heavy (non-hydrogen) atoms. The number of hydrogen-bond acceptors (Lipinski definition) is 4. The number of nitrogens with zero attached hydrogens (tertiary/aromatic N) is 4. The Morgan fingerprint density at radius 2 is 0.980 bits per heavy atom. The number of aromatic nitrogens is 4. The SMILES string of the molecule is CC1(C)c2sc(-c3nc(-c4ccccc4)nc(-c4ccccc4)n3)cc2-n2c3ccc(-c4ccccc4)cc3c3cc(-c4ccccc4)cc1c32. The summed E-state index contributed by atoms with van der Waals surface area (Å²) in [5.74, 6) is 2.03. The van der Waals surface area contributed by atoms with Crippen molar-refractivity contribution in [3.05, 3.63) is 168 Å². The first-order valence-corrected chi connectivity index (χ1v) is 18.1. The van der Waals surface area contributed by atoms with Crippen LogP contribution in [0.2, 0.25) is 0 Å². The second-order valence-electron chi connectivity index (χ2n) is 13.7. The summed E-state index contributed by atoms with van der Waals surface area (Å²) in [6.07, 6.45) is 0. The molecule has 0 fully saturated rings. The van der Waals surface area contributed by atoms with E-state index in [1.54, 1.807) is 11.3 Å². The second kappa shape index (κ2) is 11.4. The molecule has 242 valence electrons. The van der Waals surface area contributed by atoms with Gasteiger partial charge < -0.3 is 4.57 Å². The van der Waals surface area contributed by atoms with Crippen LogP contribution in [0.25, 0.3) is 83.2 Å². The largest absolute Gasteiger partial charge is 0.308 e. The Labute approximate surface area is 300 Å². The molecule has 4 heterocycles. The molecule has 1 aliphatic heterocycles. The van der Waals surface area contributed by atoms with E-state index in [1.807, 2.05) is 36.4 Å². The molecule has 0 saturated carbocycles. The Balaban J connectivity index is 1.24. The molecule has 0 spiro atoms. The van der Waals surface area contributed by atoms with E-state index in [9.17, 15) is 0 Å². The molecule has 1 aliphatic rings. The number of rotatable bonds is 5. The first kappa shape index (κ1) is 29.7. The summed E-state index contributed by atoms with van der Waals surface area (Å²) >= 11 is 1.79. The lowest BCUT2D eigenvalue weighted by molar-refractivity contribution is 0.646. The molecule has 4 nitrogen and oxygen atoms in total. The van der Waals surface area contributed by atoms with E-state index in [0.29, 0.717) is 17.5 Å². The summed E-state index contributed by atoms with van der Waals surface area (Å²) in [5.41, 5.74) is 11.5. The molecule has 0 saturated heterocycles. The average Bonchev–Trinajstić information content (AvgIpc) is 3.79. The van der Waals surface area contributed by atoms with Gasteiger partial charge in [-0.2, -0.15) is 0 Å². The summed E-state index contributed by atoms with van der Waals surface area (Å²) in [6.45, 7) is 4.73. The van der Waals surface area contributed by atoms with Gasteiger partial charge in [-0.05, 0) is 58.1 Å². The van der Waals surface area contributed by atoms with Gasteiger partial charge in [0, 0.05) is 32.2 Å². The molecule has 6 aromatic carbocycles.